The van der Waals surface area contributed by atoms with Crippen LogP contribution in [0.5, 0.6) is 0 Å². The number of nitrogens with two attached hydrogens (primary N) is 1. The van der Waals surface area contributed by atoms with E-state index in [0.717, 1.165) is 25.4 Å². The molecule has 2 atom stereocenters. The molecule has 0 saturated heterocycles. The second kappa shape index (κ2) is 8.53. The lowest BCUT2D eigenvalue weighted by Gasteiger charge is -2.21. The number of aliphatic hydroxyl groups excluding tert-OH is 1. The monoisotopic (exact) mass is 220 g/mol. The summed E-state index contributed by atoms with van der Waals surface area (Å²) in [7, 11) is 0. The van der Waals surface area contributed by atoms with Gasteiger partial charge in [-0.1, -0.05) is 13.8 Å². The smallest absolute Gasteiger partial charge is 0.0564 e. The van der Waals surface area contributed by atoms with Crippen LogP contribution in [0.2, 0.25) is 0 Å². The summed E-state index contributed by atoms with van der Waals surface area (Å²) in [5.41, 5.74) is 5.73. The Labute approximate surface area is 92.0 Å². The normalized spacial score (nSPS) is 15.9. The van der Waals surface area contributed by atoms with Crippen molar-refractivity contribution in [2.75, 3.05) is 32.0 Å². The van der Waals surface area contributed by atoms with E-state index >= 15 is 0 Å². The highest BCUT2D eigenvalue weighted by Crippen LogP contribution is 2.13. The molecule has 3 nitrogen and oxygen atoms in total. The van der Waals surface area contributed by atoms with Gasteiger partial charge in [0.15, 0.2) is 0 Å². The maximum Gasteiger partial charge on any atom is 0.0564 e. The largest absolute Gasteiger partial charge is 0.395 e. The Balaban J connectivity index is 3.59. The summed E-state index contributed by atoms with van der Waals surface area (Å²) in [4.78, 5) is 2.38. The van der Waals surface area contributed by atoms with Crippen LogP contribution >= 0.6 is 11.8 Å². The molecule has 0 aromatic rings. The molecular formula is C10H24N2OS. The van der Waals surface area contributed by atoms with Crippen molar-refractivity contribution in [2.24, 2.45) is 5.73 Å². The van der Waals surface area contributed by atoms with Crippen LogP contribution in [0.25, 0.3) is 0 Å². The van der Waals surface area contributed by atoms with Crippen molar-refractivity contribution in [1.29, 1.82) is 0 Å². The van der Waals surface area contributed by atoms with Crippen LogP contribution in [-0.2, 0) is 0 Å². The molecule has 2 unspecified atom stereocenters. The summed E-state index contributed by atoms with van der Waals surface area (Å²) < 4.78 is 0. The van der Waals surface area contributed by atoms with Crippen molar-refractivity contribution in [3.05, 3.63) is 0 Å². The number of nitrogens with zero attached hydrogens (tertiary/aromatic N) is 1. The standard InChI is InChI=1S/C10H24N2OS/c1-4-12(5-2)6-7-14-10(8-13)9(3)11/h9-10,13H,4-8,11H2,1-3H3. The Morgan fingerprint density at radius 3 is 2.29 bits per heavy atom. The van der Waals surface area contributed by atoms with Crippen molar-refractivity contribution < 1.29 is 5.11 Å². The average Bonchev–Trinajstić information content (AvgIpc) is 2.18. The lowest BCUT2D eigenvalue weighted by molar-refractivity contribution is 0.284. The zero-order valence-corrected chi connectivity index (χ0v) is 10.4. The highest BCUT2D eigenvalue weighted by molar-refractivity contribution is 8.00. The quantitative estimate of drug-likeness (QED) is 0.634. The highest BCUT2D eigenvalue weighted by Gasteiger charge is 2.12. The molecule has 0 saturated carbocycles. The SMILES string of the molecule is CCN(CC)CCSC(CO)C(C)N. The Bertz CT molecular complexity index is 129. The van der Waals surface area contributed by atoms with Gasteiger partial charge < -0.3 is 15.7 Å². The maximum atomic E-state index is 9.06. The van der Waals surface area contributed by atoms with E-state index in [2.05, 4.69) is 18.7 Å². The van der Waals surface area contributed by atoms with Crippen LogP contribution in [-0.4, -0.2) is 53.3 Å². The third-order valence-corrected chi connectivity index (χ3v) is 3.83. The molecule has 86 valence electrons. The predicted octanol–water partition coefficient (Wildman–Crippen LogP) is 0.770. The van der Waals surface area contributed by atoms with Gasteiger partial charge in [0.2, 0.25) is 0 Å². The first-order valence-electron chi connectivity index (χ1n) is 5.36. The number of hydrogen-bond acceptors (Lipinski definition) is 4. The molecule has 0 radical (unpaired) electrons. The van der Waals surface area contributed by atoms with Crippen LogP contribution in [0.3, 0.4) is 0 Å². The molecule has 4 heteroatoms. The zero-order valence-electron chi connectivity index (χ0n) is 9.57. The van der Waals surface area contributed by atoms with Crippen molar-refractivity contribution in [1.82, 2.24) is 4.90 Å². The Kier molecular flexibility index (Phi) is 8.67. The third-order valence-electron chi connectivity index (χ3n) is 2.40. The molecule has 0 aromatic carbocycles. The van der Waals surface area contributed by atoms with Gasteiger partial charge in [0.05, 0.1) is 6.61 Å². The van der Waals surface area contributed by atoms with Crippen LogP contribution < -0.4 is 5.73 Å². The fourth-order valence-corrected chi connectivity index (χ4v) is 2.32. The summed E-state index contributed by atoms with van der Waals surface area (Å²) in [6.45, 7) is 9.75. The maximum absolute atomic E-state index is 9.06. The molecule has 3 N–H and O–H groups in total. The summed E-state index contributed by atoms with van der Waals surface area (Å²) in [6.07, 6.45) is 0. The van der Waals surface area contributed by atoms with E-state index < -0.39 is 0 Å². The number of aliphatic hydroxyl groups is 1. The predicted molar refractivity (Wildman–Crippen MR) is 64.8 cm³/mol. The van der Waals surface area contributed by atoms with Gasteiger partial charge in [-0.05, 0) is 20.0 Å². The van der Waals surface area contributed by atoms with Gasteiger partial charge in [0, 0.05) is 23.6 Å². The summed E-state index contributed by atoms with van der Waals surface area (Å²) in [6, 6.07) is 0.0710. The lowest BCUT2D eigenvalue weighted by Crippen LogP contribution is -2.33. The zero-order chi connectivity index (χ0) is 11.0. The Morgan fingerprint density at radius 1 is 1.36 bits per heavy atom. The van der Waals surface area contributed by atoms with E-state index in [4.69, 9.17) is 10.8 Å². The summed E-state index contributed by atoms with van der Waals surface area (Å²) >= 11 is 1.77. The molecule has 0 heterocycles. The highest BCUT2D eigenvalue weighted by atomic mass is 32.2. The Hall–Kier alpha value is 0.230. The molecular weight excluding hydrogens is 196 g/mol. The minimum Gasteiger partial charge on any atom is -0.395 e. The van der Waals surface area contributed by atoms with E-state index in [9.17, 15) is 0 Å². The molecule has 0 spiro atoms. The Morgan fingerprint density at radius 2 is 1.93 bits per heavy atom. The fraction of sp³-hybridized carbons (Fsp3) is 1.00. The van der Waals surface area contributed by atoms with Crippen molar-refractivity contribution >= 4 is 11.8 Å². The second-order valence-corrected chi connectivity index (χ2v) is 4.82. The van der Waals surface area contributed by atoms with E-state index in [0.29, 0.717) is 0 Å². The van der Waals surface area contributed by atoms with Crippen molar-refractivity contribution in [3.63, 3.8) is 0 Å². The average molecular weight is 220 g/mol. The van der Waals surface area contributed by atoms with Crippen LogP contribution in [0, 0.1) is 0 Å². The number of hydrogen-bond donors (Lipinski definition) is 2. The van der Waals surface area contributed by atoms with E-state index in [1.54, 1.807) is 11.8 Å². The summed E-state index contributed by atoms with van der Waals surface area (Å²) in [5, 5.41) is 9.25. The van der Waals surface area contributed by atoms with Gasteiger partial charge in [0.1, 0.15) is 0 Å². The van der Waals surface area contributed by atoms with Crippen LogP contribution in [0.4, 0.5) is 0 Å². The van der Waals surface area contributed by atoms with Crippen LogP contribution in [0.15, 0.2) is 0 Å². The minimum atomic E-state index is 0.0710. The number of thioether (sulfide) groups is 1. The third kappa shape index (κ3) is 5.86. The van der Waals surface area contributed by atoms with E-state index in [1.165, 1.54) is 0 Å². The lowest BCUT2D eigenvalue weighted by atomic mass is 10.3. The fourth-order valence-electron chi connectivity index (χ4n) is 1.24. The topological polar surface area (TPSA) is 49.5 Å². The second-order valence-electron chi connectivity index (χ2n) is 3.48. The molecule has 0 bridgehead atoms. The van der Waals surface area contributed by atoms with Gasteiger partial charge >= 0.3 is 0 Å². The molecule has 0 aliphatic heterocycles. The van der Waals surface area contributed by atoms with Gasteiger partial charge in [-0.3, -0.25) is 0 Å². The molecule has 0 amide bonds. The minimum absolute atomic E-state index is 0.0710. The first-order valence-corrected chi connectivity index (χ1v) is 6.40. The molecule has 0 aromatic heterocycles. The molecule has 0 fully saturated rings. The molecule has 14 heavy (non-hydrogen) atoms. The van der Waals surface area contributed by atoms with E-state index in [1.807, 2.05) is 6.92 Å². The van der Waals surface area contributed by atoms with Crippen molar-refractivity contribution in [2.45, 2.75) is 32.1 Å². The van der Waals surface area contributed by atoms with Crippen LogP contribution in [0.1, 0.15) is 20.8 Å². The van der Waals surface area contributed by atoms with E-state index in [-0.39, 0.29) is 17.9 Å². The summed E-state index contributed by atoms with van der Waals surface area (Å²) in [5.74, 6) is 1.05. The molecule has 0 aliphatic rings. The first kappa shape index (κ1) is 14.2. The molecule has 0 aliphatic carbocycles. The number of rotatable bonds is 8. The van der Waals surface area contributed by atoms with Gasteiger partial charge in [-0.2, -0.15) is 11.8 Å². The van der Waals surface area contributed by atoms with Gasteiger partial charge in [-0.15, -0.1) is 0 Å². The van der Waals surface area contributed by atoms with Gasteiger partial charge in [0.25, 0.3) is 0 Å². The first-order chi connectivity index (χ1) is 6.65. The molecule has 0 rings (SSSR count). The van der Waals surface area contributed by atoms with Crippen molar-refractivity contribution in [3.8, 4) is 0 Å². The van der Waals surface area contributed by atoms with Gasteiger partial charge in [-0.25, -0.2) is 0 Å².